The number of hydrogen-bond acceptors (Lipinski definition) is 2. The second-order valence-electron chi connectivity index (χ2n) is 5.80. The Kier molecular flexibility index (Phi) is 3.00. The summed E-state index contributed by atoms with van der Waals surface area (Å²) in [5.74, 6) is 0.902. The number of carbonyl (C=O) groups is 1. The lowest BCUT2D eigenvalue weighted by molar-refractivity contribution is -0.129. The molecular formula is C19H17NO2. The van der Waals surface area contributed by atoms with Crippen LogP contribution in [0.1, 0.15) is 23.5 Å². The molecular weight excluding hydrogens is 274 g/mol. The molecule has 4 rings (SSSR count). The van der Waals surface area contributed by atoms with Crippen molar-refractivity contribution in [1.29, 1.82) is 0 Å². The quantitative estimate of drug-likeness (QED) is 0.805. The van der Waals surface area contributed by atoms with Crippen LogP contribution in [0.3, 0.4) is 0 Å². The van der Waals surface area contributed by atoms with Crippen molar-refractivity contribution in [2.75, 3.05) is 13.7 Å². The molecule has 0 saturated heterocycles. The molecule has 0 spiro atoms. The Labute approximate surface area is 129 Å². The minimum Gasteiger partial charge on any atom is -0.488 e. The first-order chi connectivity index (χ1) is 10.8. The van der Waals surface area contributed by atoms with Gasteiger partial charge in [-0.1, -0.05) is 42.5 Å². The Morgan fingerprint density at radius 2 is 1.77 bits per heavy atom. The molecule has 22 heavy (non-hydrogen) atoms. The molecule has 2 aliphatic rings. The van der Waals surface area contributed by atoms with Gasteiger partial charge in [0, 0.05) is 12.6 Å². The summed E-state index contributed by atoms with van der Waals surface area (Å²) in [5, 5.41) is 0. The highest BCUT2D eigenvalue weighted by molar-refractivity contribution is 5.96. The zero-order chi connectivity index (χ0) is 15.1. The molecule has 0 saturated carbocycles. The summed E-state index contributed by atoms with van der Waals surface area (Å²) in [6, 6.07) is 17.9. The molecule has 2 aromatic carbocycles. The van der Waals surface area contributed by atoms with E-state index in [1.54, 1.807) is 4.90 Å². The van der Waals surface area contributed by atoms with Gasteiger partial charge in [-0.05, 0) is 29.7 Å². The smallest absolute Gasteiger partial charge is 0.234 e. The Morgan fingerprint density at radius 1 is 1.05 bits per heavy atom. The molecule has 0 aromatic heterocycles. The van der Waals surface area contributed by atoms with E-state index >= 15 is 0 Å². The third-order valence-corrected chi connectivity index (χ3v) is 4.50. The maximum atomic E-state index is 12.8. The fraction of sp³-hybridized carbons (Fsp3) is 0.211. The minimum absolute atomic E-state index is 0.112. The van der Waals surface area contributed by atoms with Crippen molar-refractivity contribution in [2.24, 2.45) is 0 Å². The zero-order valence-electron chi connectivity index (χ0n) is 12.5. The number of amides is 1. The van der Waals surface area contributed by atoms with Crippen LogP contribution >= 0.6 is 0 Å². The van der Waals surface area contributed by atoms with Crippen molar-refractivity contribution in [1.82, 2.24) is 4.90 Å². The van der Waals surface area contributed by atoms with E-state index in [0.29, 0.717) is 6.61 Å². The van der Waals surface area contributed by atoms with Crippen LogP contribution in [-0.4, -0.2) is 24.5 Å². The standard InChI is InChI=1S/C19H17NO2/c1-20-18-14(12-22-17-10-6-5-9-15(17)18)11-16(19(20)21)13-7-3-2-4-8-13/h2-10,16H,11-12H2,1H3. The van der Waals surface area contributed by atoms with Gasteiger partial charge in [0.25, 0.3) is 0 Å². The van der Waals surface area contributed by atoms with Crippen molar-refractivity contribution < 1.29 is 9.53 Å². The third kappa shape index (κ3) is 1.93. The lowest BCUT2D eigenvalue weighted by Crippen LogP contribution is -2.38. The molecule has 110 valence electrons. The summed E-state index contributed by atoms with van der Waals surface area (Å²) in [5.41, 5.74) is 4.32. The number of rotatable bonds is 1. The number of carbonyl (C=O) groups excluding carboxylic acids is 1. The Hall–Kier alpha value is -2.55. The molecule has 0 radical (unpaired) electrons. The fourth-order valence-corrected chi connectivity index (χ4v) is 3.41. The van der Waals surface area contributed by atoms with E-state index in [1.165, 1.54) is 5.57 Å². The van der Waals surface area contributed by atoms with E-state index in [2.05, 4.69) is 0 Å². The molecule has 2 aromatic rings. The predicted molar refractivity (Wildman–Crippen MR) is 85.4 cm³/mol. The Morgan fingerprint density at radius 3 is 2.59 bits per heavy atom. The SMILES string of the molecule is CN1C(=O)C(c2ccccc2)CC2=C1c1ccccc1OC2. The highest BCUT2D eigenvalue weighted by atomic mass is 16.5. The summed E-state index contributed by atoms with van der Waals surface area (Å²) in [4.78, 5) is 14.6. The Balaban J connectivity index is 1.80. The second kappa shape index (κ2) is 5.02. The molecule has 0 fully saturated rings. The summed E-state index contributed by atoms with van der Waals surface area (Å²) in [6.07, 6.45) is 0.733. The highest BCUT2D eigenvalue weighted by Crippen LogP contribution is 2.42. The average molecular weight is 291 g/mol. The molecule has 1 amide bonds. The van der Waals surface area contributed by atoms with Crippen molar-refractivity contribution in [2.45, 2.75) is 12.3 Å². The molecule has 1 atom stereocenters. The first kappa shape index (κ1) is 13.1. The van der Waals surface area contributed by atoms with Gasteiger partial charge in [0.15, 0.2) is 0 Å². The van der Waals surface area contributed by atoms with Crippen LogP contribution in [0, 0.1) is 0 Å². The van der Waals surface area contributed by atoms with E-state index in [4.69, 9.17) is 4.74 Å². The first-order valence-electron chi connectivity index (χ1n) is 7.52. The molecule has 0 aliphatic carbocycles. The number of fused-ring (bicyclic) bond motifs is 2. The van der Waals surface area contributed by atoms with Crippen molar-refractivity contribution >= 4 is 11.6 Å². The van der Waals surface area contributed by atoms with Crippen LogP contribution in [-0.2, 0) is 4.79 Å². The van der Waals surface area contributed by atoms with Gasteiger partial charge in [0.05, 0.1) is 11.6 Å². The van der Waals surface area contributed by atoms with E-state index in [1.807, 2.05) is 61.6 Å². The number of hydrogen-bond donors (Lipinski definition) is 0. The van der Waals surface area contributed by atoms with Crippen molar-refractivity contribution in [3.8, 4) is 5.75 Å². The average Bonchev–Trinajstić information content (AvgIpc) is 2.58. The van der Waals surface area contributed by atoms with Crippen LogP contribution < -0.4 is 4.74 Å². The van der Waals surface area contributed by atoms with E-state index in [-0.39, 0.29) is 11.8 Å². The summed E-state index contributed by atoms with van der Waals surface area (Å²) < 4.78 is 5.86. The van der Waals surface area contributed by atoms with Gasteiger partial charge in [-0.3, -0.25) is 4.79 Å². The number of likely N-dealkylation sites (N-methyl/N-ethyl adjacent to an activating group) is 1. The molecule has 1 unspecified atom stereocenters. The minimum atomic E-state index is -0.112. The monoisotopic (exact) mass is 291 g/mol. The van der Waals surface area contributed by atoms with Gasteiger partial charge < -0.3 is 9.64 Å². The molecule has 0 bridgehead atoms. The number of benzene rings is 2. The van der Waals surface area contributed by atoms with E-state index in [9.17, 15) is 4.79 Å². The molecule has 2 heterocycles. The lowest BCUT2D eigenvalue weighted by atomic mass is 9.84. The normalized spacial score (nSPS) is 20.3. The van der Waals surface area contributed by atoms with Gasteiger partial charge in [0.1, 0.15) is 12.4 Å². The summed E-state index contributed by atoms with van der Waals surface area (Å²) in [6.45, 7) is 0.563. The molecule has 3 heteroatoms. The topological polar surface area (TPSA) is 29.5 Å². The van der Waals surface area contributed by atoms with Crippen LogP contribution in [0.25, 0.3) is 5.70 Å². The first-order valence-corrected chi connectivity index (χ1v) is 7.52. The van der Waals surface area contributed by atoms with Gasteiger partial charge in [-0.15, -0.1) is 0 Å². The summed E-state index contributed by atoms with van der Waals surface area (Å²) >= 11 is 0. The van der Waals surface area contributed by atoms with Crippen LogP contribution in [0.15, 0.2) is 60.2 Å². The van der Waals surface area contributed by atoms with Gasteiger partial charge in [-0.2, -0.15) is 0 Å². The Bertz CT molecular complexity index is 764. The molecule has 3 nitrogen and oxygen atoms in total. The van der Waals surface area contributed by atoms with E-state index in [0.717, 1.165) is 29.0 Å². The lowest BCUT2D eigenvalue weighted by Gasteiger charge is -2.37. The predicted octanol–water partition coefficient (Wildman–Crippen LogP) is 3.44. The molecule has 0 N–H and O–H groups in total. The number of ether oxygens (including phenoxy) is 1. The van der Waals surface area contributed by atoms with Gasteiger partial charge in [0.2, 0.25) is 5.91 Å². The highest BCUT2D eigenvalue weighted by Gasteiger charge is 2.36. The molecule has 2 aliphatic heterocycles. The van der Waals surface area contributed by atoms with Crippen molar-refractivity contribution in [3.63, 3.8) is 0 Å². The van der Waals surface area contributed by atoms with Crippen LogP contribution in [0.2, 0.25) is 0 Å². The van der Waals surface area contributed by atoms with Crippen LogP contribution in [0.4, 0.5) is 0 Å². The summed E-state index contributed by atoms with van der Waals surface area (Å²) in [7, 11) is 1.87. The van der Waals surface area contributed by atoms with Gasteiger partial charge in [-0.25, -0.2) is 0 Å². The van der Waals surface area contributed by atoms with Gasteiger partial charge >= 0.3 is 0 Å². The van der Waals surface area contributed by atoms with Crippen LogP contribution in [0.5, 0.6) is 5.75 Å². The largest absolute Gasteiger partial charge is 0.488 e. The zero-order valence-corrected chi connectivity index (χ0v) is 12.5. The second-order valence-corrected chi connectivity index (χ2v) is 5.80. The number of nitrogens with zero attached hydrogens (tertiary/aromatic N) is 1. The fourth-order valence-electron chi connectivity index (χ4n) is 3.41. The number of para-hydroxylation sites is 1. The third-order valence-electron chi connectivity index (χ3n) is 4.50. The maximum Gasteiger partial charge on any atom is 0.234 e. The maximum absolute atomic E-state index is 12.8. The van der Waals surface area contributed by atoms with Crippen molar-refractivity contribution in [3.05, 3.63) is 71.3 Å². The van der Waals surface area contributed by atoms with E-state index < -0.39 is 0 Å².